The predicted octanol–water partition coefficient (Wildman–Crippen LogP) is 1.99. The number of anilines is 1. The summed E-state index contributed by atoms with van der Waals surface area (Å²) in [6, 6.07) is 8.15. The van der Waals surface area contributed by atoms with E-state index in [0.717, 1.165) is 24.9 Å². The summed E-state index contributed by atoms with van der Waals surface area (Å²) in [4.78, 5) is 31.1. The van der Waals surface area contributed by atoms with Crippen molar-refractivity contribution < 1.29 is 0 Å². The number of aryl methyl sites for hydroxylation is 2. The summed E-state index contributed by atoms with van der Waals surface area (Å²) in [6.07, 6.45) is 2.06. The molecule has 7 nitrogen and oxygen atoms in total. The Morgan fingerprint density at radius 3 is 2.60 bits per heavy atom. The van der Waals surface area contributed by atoms with E-state index < -0.39 is 11.2 Å². The van der Waals surface area contributed by atoms with E-state index in [1.165, 1.54) is 10.1 Å². The number of benzene rings is 1. The van der Waals surface area contributed by atoms with E-state index in [4.69, 9.17) is 0 Å². The van der Waals surface area contributed by atoms with Gasteiger partial charge in [-0.1, -0.05) is 43.2 Å². The van der Waals surface area contributed by atoms with Gasteiger partial charge in [-0.3, -0.25) is 18.9 Å². The van der Waals surface area contributed by atoms with Gasteiger partial charge in [0.05, 0.1) is 6.54 Å². The van der Waals surface area contributed by atoms with E-state index >= 15 is 0 Å². The SMILES string of the molecule is CCCCNc1nc2c(c(=O)[nH]c(=O)n2C)n1Cc1ccc(C)cc1. The summed E-state index contributed by atoms with van der Waals surface area (Å²) in [5.74, 6) is 0.607. The van der Waals surface area contributed by atoms with E-state index in [9.17, 15) is 9.59 Å². The van der Waals surface area contributed by atoms with Crippen molar-refractivity contribution in [3.8, 4) is 0 Å². The third-order valence-electron chi connectivity index (χ3n) is 4.28. The van der Waals surface area contributed by atoms with Crippen LogP contribution in [0.15, 0.2) is 33.9 Å². The molecule has 2 heterocycles. The van der Waals surface area contributed by atoms with Crippen LogP contribution in [-0.4, -0.2) is 25.6 Å². The highest BCUT2D eigenvalue weighted by molar-refractivity contribution is 5.74. The lowest BCUT2D eigenvalue weighted by Gasteiger charge is -2.10. The van der Waals surface area contributed by atoms with Crippen LogP contribution in [0.2, 0.25) is 0 Å². The van der Waals surface area contributed by atoms with E-state index in [1.807, 2.05) is 35.8 Å². The Morgan fingerprint density at radius 1 is 1.20 bits per heavy atom. The molecule has 0 radical (unpaired) electrons. The zero-order valence-electron chi connectivity index (χ0n) is 14.8. The zero-order valence-corrected chi connectivity index (χ0v) is 14.8. The van der Waals surface area contributed by atoms with Gasteiger partial charge in [0, 0.05) is 13.6 Å². The molecule has 0 fully saturated rings. The molecule has 0 amide bonds. The van der Waals surface area contributed by atoms with E-state index in [-0.39, 0.29) is 0 Å². The molecule has 2 N–H and O–H groups in total. The number of rotatable bonds is 6. The molecular formula is C18H23N5O2. The van der Waals surface area contributed by atoms with Gasteiger partial charge < -0.3 is 5.32 Å². The largest absolute Gasteiger partial charge is 0.356 e. The number of unbranched alkanes of at least 4 members (excludes halogenated alkanes) is 1. The molecule has 0 aliphatic heterocycles. The van der Waals surface area contributed by atoms with Crippen molar-refractivity contribution in [2.45, 2.75) is 33.2 Å². The van der Waals surface area contributed by atoms with Crippen LogP contribution in [0, 0.1) is 6.92 Å². The molecule has 3 rings (SSSR count). The fourth-order valence-electron chi connectivity index (χ4n) is 2.78. The molecule has 1 aromatic carbocycles. The summed E-state index contributed by atoms with van der Waals surface area (Å²) in [5.41, 5.74) is 2.16. The summed E-state index contributed by atoms with van der Waals surface area (Å²) < 4.78 is 3.21. The van der Waals surface area contributed by atoms with Gasteiger partial charge in [0.15, 0.2) is 11.2 Å². The van der Waals surface area contributed by atoms with Crippen LogP contribution in [0.25, 0.3) is 11.2 Å². The van der Waals surface area contributed by atoms with Gasteiger partial charge >= 0.3 is 5.69 Å². The van der Waals surface area contributed by atoms with Crippen molar-refractivity contribution in [3.63, 3.8) is 0 Å². The van der Waals surface area contributed by atoms with Crippen LogP contribution in [0.4, 0.5) is 5.95 Å². The van der Waals surface area contributed by atoms with Gasteiger partial charge in [0.2, 0.25) is 5.95 Å². The lowest BCUT2D eigenvalue weighted by molar-refractivity contribution is 0.785. The molecule has 0 aliphatic carbocycles. The predicted molar refractivity (Wildman–Crippen MR) is 99.3 cm³/mol. The highest BCUT2D eigenvalue weighted by Crippen LogP contribution is 2.18. The topological polar surface area (TPSA) is 84.7 Å². The number of nitrogens with one attached hydrogen (secondary N) is 2. The van der Waals surface area contributed by atoms with Crippen molar-refractivity contribution in [2.75, 3.05) is 11.9 Å². The number of nitrogens with zero attached hydrogens (tertiary/aromatic N) is 3. The van der Waals surface area contributed by atoms with Crippen molar-refractivity contribution >= 4 is 17.1 Å². The minimum atomic E-state index is -0.461. The summed E-state index contributed by atoms with van der Waals surface area (Å²) in [7, 11) is 1.61. The summed E-state index contributed by atoms with van der Waals surface area (Å²) in [5, 5.41) is 3.29. The first-order chi connectivity index (χ1) is 12.0. The van der Waals surface area contributed by atoms with Crippen molar-refractivity contribution in [1.82, 2.24) is 19.1 Å². The van der Waals surface area contributed by atoms with Crippen molar-refractivity contribution in [1.29, 1.82) is 0 Å². The minimum Gasteiger partial charge on any atom is -0.356 e. The second kappa shape index (κ2) is 6.96. The summed E-state index contributed by atoms with van der Waals surface area (Å²) >= 11 is 0. The molecule has 0 atom stereocenters. The molecular weight excluding hydrogens is 318 g/mol. The number of H-pyrrole nitrogens is 1. The maximum Gasteiger partial charge on any atom is 0.329 e. The normalized spacial score (nSPS) is 11.2. The third kappa shape index (κ3) is 3.35. The van der Waals surface area contributed by atoms with E-state index in [1.54, 1.807) is 7.05 Å². The maximum atomic E-state index is 12.4. The van der Waals surface area contributed by atoms with Crippen LogP contribution in [-0.2, 0) is 13.6 Å². The van der Waals surface area contributed by atoms with E-state index in [0.29, 0.717) is 23.7 Å². The molecule has 2 aromatic heterocycles. The average Bonchev–Trinajstić information content (AvgIpc) is 2.94. The first-order valence-corrected chi connectivity index (χ1v) is 8.50. The number of aromatic nitrogens is 4. The Hall–Kier alpha value is -2.83. The molecule has 0 bridgehead atoms. The van der Waals surface area contributed by atoms with Crippen LogP contribution in [0.1, 0.15) is 30.9 Å². The molecule has 7 heteroatoms. The quantitative estimate of drug-likeness (QED) is 0.672. The molecule has 3 aromatic rings. The first-order valence-electron chi connectivity index (χ1n) is 8.50. The highest BCUT2D eigenvalue weighted by atomic mass is 16.2. The fourth-order valence-corrected chi connectivity index (χ4v) is 2.78. The van der Waals surface area contributed by atoms with Crippen molar-refractivity contribution in [3.05, 3.63) is 56.2 Å². The van der Waals surface area contributed by atoms with Crippen LogP contribution < -0.4 is 16.6 Å². The van der Waals surface area contributed by atoms with E-state index in [2.05, 4.69) is 22.2 Å². The Morgan fingerprint density at radius 2 is 1.92 bits per heavy atom. The molecule has 0 aliphatic rings. The molecule has 132 valence electrons. The number of hydrogen-bond donors (Lipinski definition) is 2. The van der Waals surface area contributed by atoms with Crippen molar-refractivity contribution in [2.24, 2.45) is 7.05 Å². The Kier molecular flexibility index (Phi) is 4.74. The second-order valence-corrected chi connectivity index (χ2v) is 6.28. The standard InChI is InChI=1S/C18H23N5O2/c1-4-5-10-19-17-20-15-14(16(24)21-18(25)22(15)3)23(17)11-13-8-6-12(2)7-9-13/h6-9H,4-5,10-11H2,1-3H3,(H,19,20)(H,21,24,25). The molecule has 0 unspecified atom stereocenters. The average molecular weight is 341 g/mol. The summed E-state index contributed by atoms with van der Waals surface area (Å²) in [6.45, 7) is 5.42. The number of hydrogen-bond acceptors (Lipinski definition) is 4. The van der Waals surface area contributed by atoms with Gasteiger partial charge in [-0.25, -0.2) is 4.79 Å². The smallest absolute Gasteiger partial charge is 0.329 e. The van der Waals surface area contributed by atoms with Gasteiger partial charge in [-0.2, -0.15) is 4.98 Å². The fraction of sp³-hybridized carbons (Fsp3) is 0.389. The number of aromatic amines is 1. The molecule has 0 saturated heterocycles. The van der Waals surface area contributed by atoms with Gasteiger partial charge in [0.25, 0.3) is 5.56 Å². The molecule has 0 spiro atoms. The Labute approximate surface area is 145 Å². The Bertz CT molecular complexity index is 995. The third-order valence-corrected chi connectivity index (χ3v) is 4.28. The lowest BCUT2D eigenvalue weighted by Crippen LogP contribution is -2.29. The highest BCUT2D eigenvalue weighted by Gasteiger charge is 2.17. The minimum absolute atomic E-state index is 0.389. The van der Waals surface area contributed by atoms with Gasteiger partial charge in [-0.15, -0.1) is 0 Å². The Balaban J connectivity index is 2.13. The lowest BCUT2D eigenvalue weighted by atomic mass is 10.1. The first kappa shape index (κ1) is 17.0. The van der Waals surface area contributed by atoms with Gasteiger partial charge in [-0.05, 0) is 18.9 Å². The monoisotopic (exact) mass is 341 g/mol. The number of fused-ring (bicyclic) bond motifs is 1. The van der Waals surface area contributed by atoms with Gasteiger partial charge in [0.1, 0.15) is 0 Å². The zero-order chi connectivity index (χ0) is 18.0. The number of imidazole rings is 1. The van der Waals surface area contributed by atoms with Crippen LogP contribution in [0.3, 0.4) is 0 Å². The second-order valence-electron chi connectivity index (χ2n) is 6.28. The van der Waals surface area contributed by atoms with Crippen LogP contribution >= 0.6 is 0 Å². The molecule has 25 heavy (non-hydrogen) atoms. The van der Waals surface area contributed by atoms with Crippen LogP contribution in [0.5, 0.6) is 0 Å². The maximum absolute atomic E-state index is 12.4. The molecule has 0 saturated carbocycles.